The summed E-state index contributed by atoms with van der Waals surface area (Å²) in [6.45, 7) is 2.79. The maximum atomic E-state index is 13.3. The second kappa shape index (κ2) is 59.7. The van der Waals surface area contributed by atoms with E-state index in [-0.39, 0.29) is 18.9 Å². The quantitative estimate of drug-likeness (QED) is 0.0204. The summed E-state index contributed by atoms with van der Waals surface area (Å²) in [4.78, 5) is 13.3. The second-order valence-electron chi connectivity index (χ2n) is 26.4. The number of nitrogens with one attached hydrogen (secondary N) is 1. The lowest BCUT2D eigenvalue weighted by Crippen LogP contribution is -2.65. The fourth-order valence-corrected chi connectivity index (χ4v) is 12.3. The number of allylic oxidation sites excluding steroid dienone is 7. The molecule has 12 unspecified atom stereocenters. The highest BCUT2D eigenvalue weighted by molar-refractivity contribution is 5.76. The first-order chi connectivity index (χ1) is 43.6. The van der Waals surface area contributed by atoms with E-state index in [9.17, 15) is 45.6 Å². The molecule has 12 atom stereocenters. The summed E-state index contributed by atoms with van der Waals surface area (Å²) in [6.07, 6.45) is 62.1. The van der Waals surface area contributed by atoms with Crippen LogP contribution in [0.4, 0.5) is 0 Å². The number of ether oxygens (including phenoxy) is 4. The van der Waals surface area contributed by atoms with Crippen LogP contribution in [0.2, 0.25) is 0 Å². The largest absolute Gasteiger partial charge is 0.394 e. The molecule has 0 aliphatic carbocycles. The molecule has 2 saturated heterocycles. The molecule has 2 aliphatic rings. The Morgan fingerprint density at radius 3 is 1.10 bits per heavy atom. The first-order valence-electron chi connectivity index (χ1n) is 37.4. The molecule has 2 fully saturated rings. The Labute approximate surface area is 543 Å². The molecule has 2 heterocycles. The van der Waals surface area contributed by atoms with Crippen LogP contribution in [0.1, 0.15) is 328 Å². The predicted octanol–water partition coefficient (Wildman–Crippen LogP) is 15.9. The maximum Gasteiger partial charge on any atom is 0.220 e. The van der Waals surface area contributed by atoms with E-state index in [1.165, 1.54) is 250 Å². The van der Waals surface area contributed by atoms with Crippen molar-refractivity contribution in [2.24, 2.45) is 0 Å². The van der Waals surface area contributed by atoms with Crippen LogP contribution in [0.15, 0.2) is 48.6 Å². The minimum Gasteiger partial charge on any atom is -0.394 e. The van der Waals surface area contributed by atoms with E-state index in [1.54, 1.807) is 6.08 Å². The normalized spacial score (nSPS) is 23.3. The van der Waals surface area contributed by atoms with E-state index in [0.717, 1.165) is 44.9 Å². The van der Waals surface area contributed by atoms with Gasteiger partial charge in [-0.15, -0.1) is 0 Å². The number of hydrogen-bond donors (Lipinski definition) is 9. The number of rotatable bonds is 62. The molecule has 89 heavy (non-hydrogen) atoms. The molecule has 0 saturated carbocycles. The van der Waals surface area contributed by atoms with Crippen molar-refractivity contribution < 1.29 is 64.6 Å². The summed E-state index contributed by atoms with van der Waals surface area (Å²) in [7, 11) is 0. The zero-order valence-electron chi connectivity index (χ0n) is 56.9. The zero-order valence-corrected chi connectivity index (χ0v) is 56.9. The van der Waals surface area contributed by atoms with Gasteiger partial charge < -0.3 is 65.1 Å². The summed E-state index contributed by atoms with van der Waals surface area (Å²) in [6, 6.07) is -0.937. The van der Waals surface area contributed by atoms with Gasteiger partial charge in [-0.05, 0) is 70.6 Å². The van der Waals surface area contributed by atoms with Gasteiger partial charge in [0.25, 0.3) is 0 Å². The maximum absolute atomic E-state index is 13.3. The number of carbonyl (C=O) groups is 1. The van der Waals surface area contributed by atoms with Crippen LogP contribution in [0, 0.1) is 0 Å². The molecule has 1 amide bonds. The standard InChI is InChI=1S/C75H139NO13/c1-3-5-7-9-11-13-15-17-19-21-22-23-24-25-26-27-28-29-30-31-32-33-34-35-36-37-38-39-40-41-42-43-45-47-49-51-53-55-57-59-67(80)76-63(64(79)58-56-54-52-50-48-46-44-20-18-16-14-12-10-8-6-4-2)62-86-74-72(85)70(83)73(66(61-78)88-74)89-75-71(84)69(82)68(81)65(60-77)87-75/h18,20-22,48,50,56,58,63-66,68-75,77-79,81-85H,3-17,19,23-47,49,51-55,57,59-62H2,1-2H3,(H,76,80)/b20-18+,22-21-,50-48+,58-56+. The number of aliphatic hydroxyl groups excluding tert-OH is 8. The van der Waals surface area contributed by atoms with Crippen LogP contribution in [-0.2, 0) is 23.7 Å². The lowest BCUT2D eigenvalue weighted by atomic mass is 9.97. The highest BCUT2D eigenvalue weighted by Gasteiger charge is 2.51. The molecular formula is C75H139NO13. The van der Waals surface area contributed by atoms with E-state index in [0.29, 0.717) is 12.8 Å². The molecule has 0 aromatic heterocycles. The minimum atomic E-state index is -1.79. The molecule has 0 bridgehead atoms. The van der Waals surface area contributed by atoms with Crippen molar-refractivity contribution in [3.05, 3.63) is 48.6 Å². The summed E-state index contributed by atoms with van der Waals surface area (Å²) >= 11 is 0. The average molecular weight is 1260 g/mol. The van der Waals surface area contributed by atoms with Crippen molar-refractivity contribution in [3.8, 4) is 0 Å². The summed E-state index contributed by atoms with van der Waals surface area (Å²) in [5, 5.41) is 87.3. The van der Waals surface area contributed by atoms with Gasteiger partial charge in [-0.1, -0.05) is 300 Å². The molecule has 9 N–H and O–H groups in total. The van der Waals surface area contributed by atoms with Crippen molar-refractivity contribution in [2.45, 2.75) is 402 Å². The lowest BCUT2D eigenvalue weighted by molar-refractivity contribution is -0.359. The summed E-state index contributed by atoms with van der Waals surface area (Å²) < 4.78 is 22.8. The topological polar surface area (TPSA) is 228 Å². The number of unbranched alkanes of at least 4 members (excludes halogenated alkanes) is 43. The molecule has 0 aromatic rings. The van der Waals surface area contributed by atoms with Crippen molar-refractivity contribution in [3.63, 3.8) is 0 Å². The Hall–Kier alpha value is -2.05. The number of hydrogen-bond acceptors (Lipinski definition) is 13. The Kier molecular flexibility index (Phi) is 55.7. The van der Waals surface area contributed by atoms with Gasteiger partial charge in [0.15, 0.2) is 12.6 Å². The van der Waals surface area contributed by atoms with Crippen LogP contribution in [0.25, 0.3) is 0 Å². The van der Waals surface area contributed by atoms with Crippen LogP contribution in [0.3, 0.4) is 0 Å². The van der Waals surface area contributed by atoms with Gasteiger partial charge in [0.1, 0.15) is 48.8 Å². The van der Waals surface area contributed by atoms with Crippen molar-refractivity contribution in [2.75, 3.05) is 19.8 Å². The Bertz CT molecular complexity index is 1680. The van der Waals surface area contributed by atoms with Crippen molar-refractivity contribution in [1.82, 2.24) is 5.32 Å². The van der Waals surface area contributed by atoms with Gasteiger partial charge in [0.05, 0.1) is 32.0 Å². The SMILES string of the molecule is CCCCCCCC/C=C/CC/C=C/CC/C=C/C(O)C(COC1OC(CO)C(OC2OC(CO)C(O)C(O)C2O)C(O)C1O)NC(=O)CCCCCCCCCCCCCCCCCCCCCCCCCCCCC/C=C\CCCCCCCCCC. The average Bonchev–Trinajstić information content (AvgIpc) is 2.81. The van der Waals surface area contributed by atoms with Crippen LogP contribution in [0.5, 0.6) is 0 Å². The Morgan fingerprint density at radius 1 is 0.393 bits per heavy atom. The highest BCUT2D eigenvalue weighted by Crippen LogP contribution is 2.30. The molecule has 522 valence electrons. The third kappa shape index (κ3) is 43.5. The third-order valence-electron chi connectivity index (χ3n) is 18.2. The fourth-order valence-electron chi connectivity index (χ4n) is 12.3. The van der Waals surface area contributed by atoms with Gasteiger partial charge in [0.2, 0.25) is 5.91 Å². The van der Waals surface area contributed by atoms with E-state index in [1.807, 2.05) is 6.08 Å². The van der Waals surface area contributed by atoms with Gasteiger partial charge in [-0.2, -0.15) is 0 Å². The van der Waals surface area contributed by atoms with Gasteiger partial charge >= 0.3 is 0 Å². The summed E-state index contributed by atoms with van der Waals surface area (Å²) in [5.41, 5.74) is 0. The Morgan fingerprint density at radius 2 is 0.719 bits per heavy atom. The Balaban J connectivity index is 1.57. The van der Waals surface area contributed by atoms with E-state index in [4.69, 9.17) is 18.9 Å². The fraction of sp³-hybridized carbons (Fsp3) is 0.880. The number of carbonyl (C=O) groups excluding carboxylic acids is 1. The number of amides is 1. The second-order valence-corrected chi connectivity index (χ2v) is 26.4. The van der Waals surface area contributed by atoms with Gasteiger partial charge in [0, 0.05) is 6.42 Å². The zero-order chi connectivity index (χ0) is 64.5. The van der Waals surface area contributed by atoms with Crippen LogP contribution >= 0.6 is 0 Å². The van der Waals surface area contributed by atoms with Crippen molar-refractivity contribution >= 4 is 5.91 Å². The van der Waals surface area contributed by atoms with Crippen molar-refractivity contribution in [1.29, 1.82) is 0 Å². The highest BCUT2D eigenvalue weighted by atomic mass is 16.7. The van der Waals surface area contributed by atoms with E-state index in [2.05, 4.69) is 55.6 Å². The first kappa shape index (κ1) is 83.0. The molecule has 0 spiro atoms. The van der Waals surface area contributed by atoms with Gasteiger partial charge in [-0.25, -0.2) is 0 Å². The smallest absolute Gasteiger partial charge is 0.220 e. The predicted molar refractivity (Wildman–Crippen MR) is 364 cm³/mol. The molecule has 14 heteroatoms. The monoisotopic (exact) mass is 1260 g/mol. The first-order valence-corrected chi connectivity index (χ1v) is 37.4. The van der Waals surface area contributed by atoms with E-state index < -0.39 is 86.8 Å². The minimum absolute atomic E-state index is 0.248. The lowest BCUT2D eigenvalue weighted by Gasteiger charge is -2.46. The molecule has 14 nitrogen and oxygen atoms in total. The molecular weight excluding hydrogens is 1120 g/mol. The molecule has 0 radical (unpaired) electrons. The summed E-state index contributed by atoms with van der Waals surface area (Å²) in [5.74, 6) is -0.248. The van der Waals surface area contributed by atoms with Gasteiger partial charge in [-0.3, -0.25) is 4.79 Å². The van der Waals surface area contributed by atoms with Crippen LogP contribution < -0.4 is 5.32 Å². The number of aliphatic hydroxyl groups is 8. The molecule has 2 rings (SSSR count). The third-order valence-corrected chi connectivity index (χ3v) is 18.2. The molecule has 0 aromatic carbocycles. The van der Waals surface area contributed by atoms with E-state index >= 15 is 0 Å². The molecule has 2 aliphatic heterocycles. The van der Waals surface area contributed by atoms with Crippen LogP contribution in [-0.4, -0.2) is 140 Å².